The van der Waals surface area contributed by atoms with Crippen molar-refractivity contribution in [2.45, 2.75) is 26.2 Å². The number of nitrogens with one attached hydrogen (secondary N) is 2. The number of anilines is 2. The molecule has 1 fully saturated rings. The zero-order chi connectivity index (χ0) is 18.8. The lowest BCUT2D eigenvalue weighted by Gasteiger charge is -2.15. The predicted octanol–water partition coefficient (Wildman–Crippen LogP) is 2.33. The van der Waals surface area contributed by atoms with E-state index in [1.54, 1.807) is 0 Å². The van der Waals surface area contributed by atoms with Crippen LogP contribution in [-0.2, 0) is 4.79 Å². The van der Waals surface area contributed by atoms with Gasteiger partial charge < -0.3 is 16.0 Å². The standard InChI is InChI=1S/C19H23N7O/c1-12-13(5-6-15-14(12)11-22-25-15)16-10-17(24-19(20)23-16)21-7-3-9-26-8-2-4-18(26)27/h5-6,10-11H,2-4,7-9H2,1H3,(H,22,25)(H3,20,21,23,24). The SMILES string of the molecule is Cc1c(-c2cc(NCCCN3CCCC3=O)nc(N)n2)ccc2[nH]ncc12. The number of likely N-dealkylation sites (tertiary alicyclic amines) is 1. The summed E-state index contributed by atoms with van der Waals surface area (Å²) in [6, 6.07) is 5.91. The Kier molecular flexibility index (Phi) is 4.62. The quantitative estimate of drug-likeness (QED) is 0.578. The van der Waals surface area contributed by atoms with Crippen LogP contribution in [0.25, 0.3) is 22.2 Å². The van der Waals surface area contributed by atoms with Crippen molar-refractivity contribution in [1.82, 2.24) is 25.1 Å². The number of H-pyrrole nitrogens is 1. The molecule has 3 aromatic rings. The van der Waals surface area contributed by atoms with Gasteiger partial charge in [-0.15, -0.1) is 0 Å². The molecule has 1 aromatic carbocycles. The molecule has 8 heteroatoms. The van der Waals surface area contributed by atoms with E-state index in [-0.39, 0.29) is 11.9 Å². The van der Waals surface area contributed by atoms with Crippen LogP contribution in [0, 0.1) is 6.92 Å². The summed E-state index contributed by atoms with van der Waals surface area (Å²) in [6.07, 6.45) is 4.33. The highest BCUT2D eigenvalue weighted by Gasteiger charge is 2.19. The Hall–Kier alpha value is -3.16. The van der Waals surface area contributed by atoms with Gasteiger partial charge in [0.05, 0.1) is 17.4 Å². The summed E-state index contributed by atoms with van der Waals surface area (Å²) in [5.41, 5.74) is 9.80. The number of hydrogen-bond donors (Lipinski definition) is 3. The molecule has 3 heterocycles. The molecule has 1 amide bonds. The van der Waals surface area contributed by atoms with Crippen molar-refractivity contribution in [1.29, 1.82) is 0 Å². The topological polar surface area (TPSA) is 113 Å². The van der Waals surface area contributed by atoms with Crippen LogP contribution in [0.2, 0.25) is 0 Å². The number of carbonyl (C=O) groups excluding carboxylic acids is 1. The van der Waals surface area contributed by atoms with Crippen molar-refractivity contribution in [2.75, 3.05) is 30.7 Å². The van der Waals surface area contributed by atoms with Gasteiger partial charge in [0.25, 0.3) is 0 Å². The highest BCUT2D eigenvalue weighted by atomic mass is 16.2. The first-order valence-electron chi connectivity index (χ1n) is 9.21. The average molecular weight is 365 g/mol. The fourth-order valence-electron chi connectivity index (χ4n) is 3.56. The van der Waals surface area contributed by atoms with Gasteiger partial charge in [0.15, 0.2) is 0 Å². The second-order valence-corrected chi connectivity index (χ2v) is 6.83. The van der Waals surface area contributed by atoms with Crippen molar-refractivity contribution in [3.05, 3.63) is 30.0 Å². The maximum absolute atomic E-state index is 11.7. The second-order valence-electron chi connectivity index (χ2n) is 6.83. The van der Waals surface area contributed by atoms with Gasteiger partial charge in [-0.05, 0) is 31.4 Å². The molecule has 0 bridgehead atoms. The first kappa shape index (κ1) is 17.3. The first-order valence-corrected chi connectivity index (χ1v) is 9.21. The molecule has 2 aromatic heterocycles. The van der Waals surface area contributed by atoms with Crippen molar-refractivity contribution in [2.24, 2.45) is 0 Å². The number of aromatic amines is 1. The number of fused-ring (bicyclic) bond motifs is 1. The van der Waals surface area contributed by atoms with Crippen molar-refractivity contribution >= 4 is 28.6 Å². The van der Waals surface area contributed by atoms with Crippen molar-refractivity contribution in [3.63, 3.8) is 0 Å². The summed E-state index contributed by atoms with van der Waals surface area (Å²) in [5, 5.41) is 11.4. The van der Waals surface area contributed by atoms with Crippen LogP contribution in [0.5, 0.6) is 0 Å². The number of nitrogens with zero attached hydrogens (tertiary/aromatic N) is 4. The number of aryl methyl sites for hydroxylation is 1. The first-order chi connectivity index (χ1) is 13.1. The van der Waals surface area contributed by atoms with Gasteiger partial charge in [0.1, 0.15) is 5.82 Å². The molecule has 1 saturated heterocycles. The molecule has 27 heavy (non-hydrogen) atoms. The molecule has 0 aliphatic carbocycles. The minimum Gasteiger partial charge on any atom is -0.370 e. The van der Waals surface area contributed by atoms with E-state index >= 15 is 0 Å². The van der Waals surface area contributed by atoms with Gasteiger partial charge in [-0.25, -0.2) is 4.98 Å². The van der Waals surface area contributed by atoms with E-state index in [0.717, 1.165) is 60.2 Å². The van der Waals surface area contributed by atoms with Gasteiger partial charge >= 0.3 is 0 Å². The van der Waals surface area contributed by atoms with E-state index < -0.39 is 0 Å². The van der Waals surface area contributed by atoms with Gasteiger partial charge in [-0.2, -0.15) is 10.1 Å². The Morgan fingerprint density at radius 2 is 2.22 bits per heavy atom. The number of nitrogen functional groups attached to an aromatic ring is 1. The zero-order valence-corrected chi connectivity index (χ0v) is 15.3. The summed E-state index contributed by atoms with van der Waals surface area (Å²) < 4.78 is 0. The third-order valence-electron chi connectivity index (χ3n) is 5.00. The van der Waals surface area contributed by atoms with E-state index in [4.69, 9.17) is 5.73 Å². The maximum atomic E-state index is 11.7. The summed E-state index contributed by atoms with van der Waals surface area (Å²) in [4.78, 5) is 22.3. The Labute approximate surface area is 157 Å². The lowest BCUT2D eigenvalue weighted by molar-refractivity contribution is -0.127. The molecule has 1 aliphatic rings. The molecule has 1 aliphatic heterocycles. The molecule has 0 atom stereocenters. The molecule has 140 valence electrons. The van der Waals surface area contributed by atoms with E-state index in [0.29, 0.717) is 12.2 Å². The summed E-state index contributed by atoms with van der Waals surface area (Å²) in [7, 11) is 0. The summed E-state index contributed by atoms with van der Waals surface area (Å²) in [5.74, 6) is 1.18. The predicted molar refractivity (Wildman–Crippen MR) is 105 cm³/mol. The number of amides is 1. The lowest BCUT2D eigenvalue weighted by atomic mass is 10.0. The third kappa shape index (κ3) is 3.55. The average Bonchev–Trinajstić information content (AvgIpc) is 3.28. The number of nitrogens with two attached hydrogens (primary N) is 1. The normalized spacial score (nSPS) is 14.3. The number of benzene rings is 1. The Balaban J connectivity index is 1.47. The zero-order valence-electron chi connectivity index (χ0n) is 15.3. The summed E-state index contributed by atoms with van der Waals surface area (Å²) >= 11 is 0. The van der Waals surface area contributed by atoms with Crippen LogP contribution < -0.4 is 11.1 Å². The molecule has 4 N–H and O–H groups in total. The van der Waals surface area contributed by atoms with E-state index in [1.807, 2.05) is 36.2 Å². The van der Waals surface area contributed by atoms with Gasteiger partial charge in [-0.3, -0.25) is 9.89 Å². The highest BCUT2D eigenvalue weighted by molar-refractivity contribution is 5.88. The molecule has 0 unspecified atom stereocenters. The Morgan fingerprint density at radius 3 is 3.04 bits per heavy atom. The Bertz CT molecular complexity index is 981. The highest BCUT2D eigenvalue weighted by Crippen LogP contribution is 2.29. The fraction of sp³-hybridized carbons (Fsp3) is 0.368. The Morgan fingerprint density at radius 1 is 1.33 bits per heavy atom. The summed E-state index contributed by atoms with van der Waals surface area (Å²) in [6.45, 7) is 4.42. The van der Waals surface area contributed by atoms with Crippen LogP contribution in [0.1, 0.15) is 24.8 Å². The third-order valence-corrected chi connectivity index (χ3v) is 5.00. The van der Waals surface area contributed by atoms with Crippen LogP contribution in [0.4, 0.5) is 11.8 Å². The molecule has 4 rings (SSSR count). The number of hydrogen-bond acceptors (Lipinski definition) is 6. The largest absolute Gasteiger partial charge is 0.370 e. The minimum absolute atomic E-state index is 0.233. The molecule has 8 nitrogen and oxygen atoms in total. The molecular weight excluding hydrogens is 342 g/mol. The van der Waals surface area contributed by atoms with Crippen molar-refractivity contribution in [3.8, 4) is 11.3 Å². The van der Waals surface area contributed by atoms with Gasteiger partial charge in [-0.1, -0.05) is 6.07 Å². The smallest absolute Gasteiger partial charge is 0.222 e. The van der Waals surface area contributed by atoms with E-state index in [9.17, 15) is 4.79 Å². The second kappa shape index (κ2) is 7.22. The minimum atomic E-state index is 0.233. The van der Waals surface area contributed by atoms with Gasteiger partial charge in [0.2, 0.25) is 11.9 Å². The lowest BCUT2D eigenvalue weighted by Crippen LogP contribution is -2.27. The van der Waals surface area contributed by atoms with E-state index in [2.05, 4.69) is 25.5 Å². The monoisotopic (exact) mass is 365 g/mol. The molecule has 0 radical (unpaired) electrons. The fourth-order valence-corrected chi connectivity index (χ4v) is 3.56. The van der Waals surface area contributed by atoms with Gasteiger partial charge in [0, 0.05) is 43.1 Å². The number of aromatic nitrogens is 4. The molecular formula is C19H23N7O. The number of rotatable bonds is 6. The maximum Gasteiger partial charge on any atom is 0.222 e. The molecule has 0 saturated carbocycles. The van der Waals surface area contributed by atoms with E-state index in [1.165, 1.54) is 0 Å². The van der Waals surface area contributed by atoms with Crippen LogP contribution in [0.3, 0.4) is 0 Å². The van der Waals surface area contributed by atoms with Crippen molar-refractivity contribution < 1.29 is 4.79 Å². The molecule has 0 spiro atoms. The van der Waals surface area contributed by atoms with Crippen LogP contribution in [0.15, 0.2) is 24.4 Å². The van der Waals surface area contributed by atoms with Crippen LogP contribution >= 0.6 is 0 Å². The number of carbonyl (C=O) groups is 1. The van der Waals surface area contributed by atoms with Crippen LogP contribution in [-0.4, -0.2) is 50.6 Å².